The highest BCUT2D eigenvalue weighted by Gasteiger charge is 2.43. The Bertz CT molecular complexity index is 438. The van der Waals surface area contributed by atoms with Gasteiger partial charge in [0, 0.05) is 11.6 Å². The largest absolute Gasteiger partial charge is 0.349 e. The summed E-state index contributed by atoms with van der Waals surface area (Å²) in [6.45, 7) is 2.37. The van der Waals surface area contributed by atoms with Crippen molar-refractivity contribution in [1.82, 2.24) is 5.32 Å². The second kappa shape index (κ2) is 5.29. The first-order valence-electron chi connectivity index (χ1n) is 6.34. The minimum atomic E-state index is -0.338. The summed E-state index contributed by atoms with van der Waals surface area (Å²) in [5.41, 5.74) is 6.33. The predicted molar refractivity (Wildman–Crippen MR) is 73.3 cm³/mol. The van der Waals surface area contributed by atoms with Crippen LogP contribution in [0.25, 0.3) is 0 Å². The van der Waals surface area contributed by atoms with E-state index in [2.05, 4.69) is 5.32 Å². The van der Waals surface area contributed by atoms with E-state index >= 15 is 0 Å². The van der Waals surface area contributed by atoms with Crippen molar-refractivity contribution in [3.8, 4) is 0 Å². The molecule has 1 saturated carbocycles. The first-order valence-corrected chi connectivity index (χ1v) is 6.72. The Hall–Kier alpha value is -1.06. The molecule has 18 heavy (non-hydrogen) atoms. The van der Waals surface area contributed by atoms with Crippen LogP contribution in [0.4, 0.5) is 0 Å². The molecule has 1 fully saturated rings. The normalized spacial score (nSPS) is 18.8. The van der Waals surface area contributed by atoms with E-state index in [0.717, 1.165) is 24.8 Å². The van der Waals surface area contributed by atoms with Crippen LogP contribution in [0.15, 0.2) is 24.3 Å². The lowest BCUT2D eigenvalue weighted by Crippen LogP contribution is -2.50. The average molecular weight is 267 g/mol. The Morgan fingerprint density at radius 3 is 2.67 bits per heavy atom. The zero-order valence-corrected chi connectivity index (χ0v) is 11.3. The number of hydrogen-bond donors (Lipinski definition) is 2. The first-order chi connectivity index (χ1) is 8.59. The van der Waals surface area contributed by atoms with Crippen molar-refractivity contribution in [3.63, 3.8) is 0 Å². The molecule has 1 amide bonds. The predicted octanol–water partition coefficient (Wildman–Crippen LogP) is 2.65. The fraction of sp³-hybridized carbons (Fsp3) is 0.500. The maximum Gasteiger partial charge on any atom is 0.227 e. The van der Waals surface area contributed by atoms with Gasteiger partial charge in [-0.2, -0.15) is 0 Å². The summed E-state index contributed by atoms with van der Waals surface area (Å²) in [5.74, 6) is 0.0590. The molecule has 0 aromatic heterocycles. The quantitative estimate of drug-likeness (QED) is 0.880. The molecule has 3 nitrogen and oxygen atoms in total. The molecular formula is C14H19ClN2O. The van der Waals surface area contributed by atoms with E-state index in [1.165, 1.54) is 0 Å². The van der Waals surface area contributed by atoms with E-state index in [0.29, 0.717) is 11.6 Å². The Morgan fingerprint density at radius 2 is 2.17 bits per heavy atom. The molecule has 0 bridgehead atoms. The highest BCUT2D eigenvalue weighted by atomic mass is 35.5. The van der Waals surface area contributed by atoms with Gasteiger partial charge in [0.15, 0.2) is 0 Å². The fourth-order valence-electron chi connectivity index (χ4n) is 2.38. The molecule has 4 heteroatoms. The summed E-state index contributed by atoms with van der Waals surface area (Å²) in [7, 11) is 0. The third-order valence-electron chi connectivity index (χ3n) is 3.90. The molecule has 0 aliphatic heterocycles. The molecule has 1 aromatic carbocycles. The van der Waals surface area contributed by atoms with Gasteiger partial charge in [-0.15, -0.1) is 0 Å². The number of halogens is 1. The van der Waals surface area contributed by atoms with Gasteiger partial charge >= 0.3 is 0 Å². The monoisotopic (exact) mass is 266 g/mol. The highest BCUT2D eigenvalue weighted by molar-refractivity contribution is 6.31. The van der Waals surface area contributed by atoms with Gasteiger partial charge < -0.3 is 11.1 Å². The second-order valence-electron chi connectivity index (χ2n) is 5.05. The lowest BCUT2D eigenvalue weighted by molar-refractivity contribution is -0.135. The molecule has 1 aromatic rings. The molecule has 3 N–H and O–H groups in total. The Kier molecular flexibility index (Phi) is 3.93. The van der Waals surface area contributed by atoms with Crippen LogP contribution in [0.2, 0.25) is 5.02 Å². The van der Waals surface area contributed by atoms with Gasteiger partial charge in [0.25, 0.3) is 0 Å². The van der Waals surface area contributed by atoms with E-state index < -0.39 is 0 Å². The summed E-state index contributed by atoms with van der Waals surface area (Å²) in [5, 5.41) is 3.71. The van der Waals surface area contributed by atoms with Gasteiger partial charge in [0.2, 0.25) is 5.91 Å². The number of rotatable bonds is 4. The van der Waals surface area contributed by atoms with Gasteiger partial charge in [-0.3, -0.25) is 4.79 Å². The number of nitrogens with two attached hydrogens (primary N) is 1. The molecule has 1 unspecified atom stereocenters. The van der Waals surface area contributed by atoms with E-state index in [-0.39, 0.29) is 17.4 Å². The van der Waals surface area contributed by atoms with Gasteiger partial charge in [-0.1, -0.05) is 36.2 Å². The number of benzene rings is 1. The van der Waals surface area contributed by atoms with Crippen molar-refractivity contribution >= 4 is 17.5 Å². The molecule has 0 heterocycles. The van der Waals surface area contributed by atoms with E-state index in [1.807, 2.05) is 31.2 Å². The van der Waals surface area contributed by atoms with Crippen molar-refractivity contribution in [2.24, 2.45) is 11.1 Å². The van der Waals surface area contributed by atoms with Crippen molar-refractivity contribution in [3.05, 3.63) is 34.9 Å². The van der Waals surface area contributed by atoms with Gasteiger partial charge in [-0.25, -0.2) is 0 Å². The zero-order chi connectivity index (χ0) is 13.2. The number of amides is 1. The van der Waals surface area contributed by atoms with Crippen molar-refractivity contribution in [2.75, 3.05) is 6.54 Å². The molecule has 2 rings (SSSR count). The zero-order valence-electron chi connectivity index (χ0n) is 10.6. The van der Waals surface area contributed by atoms with Crippen LogP contribution in [-0.4, -0.2) is 12.5 Å². The summed E-state index contributed by atoms with van der Waals surface area (Å²) >= 11 is 6.12. The Labute approximate surface area is 113 Å². The topological polar surface area (TPSA) is 55.1 Å². The molecule has 0 saturated heterocycles. The van der Waals surface area contributed by atoms with Crippen molar-refractivity contribution in [1.29, 1.82) is 0 Å². The third-order valence-corrected chi connectivity index (χ3v) is 4.25. The average Bonchev–Trinajstić information content (AvgIpc) is 2.28. The lowest BCUT2D eigenvalue weighted by Gasteiger charge is -2.39. The van der Waals surface area contributed by atoms with E-state index in [1.54, 1.807) is 0 Å². The van der Waals surface area contributed by atoms with Gasteiger partial charge in [0.05, 0.1) is 11.5 Å². The fourth-order valence-corrected chi connectivity index (χ4v) is 2.68. The molecule has 1 atom stereocenters. The van der Waals surface area contributed by atoms with Gasteiger partial charge in [0.1, 0.15) is 0 Å². The molecule has 1 aliphatic rings. The Morgan fingerprint density at radius 1 is 1.50 bits per heavy atom. The van der Waals surface area contributed by atoms with Crippen LogP contribution in [0.1, 0.15) is 37.8 Å². The minimum Gasteiger partial charge on any atom is -0.349 e. The van der Waals surface area contributed by atoms with Gasteiger partial charge in [-0.05, 0) is 31.4 Å². The second-order valence-corrected chi connectivity index (χ2v) is 5.46. The van der Waals surface area contributed by atoms with E-state index in [9.17, 15) is 4.79 Å². The molecular weight excluding hydrogens is 248 g/mol. The van der Waals surface area contributed by atoms with Crippen LogP contribution in [0.3, 0.4) is 0 Å². The molecule has 98 valence electrons. The molecule has 1 aliphatic carbocycles. The maximum absolute atomic E-state index is 12.2. The van der Waals surface area contributed by atoms with Crippen LogP contribution < -0.4 is 11.1 Å². The maximum atomic E-state index is 12.2. The number of nitrogens with one attached hydrogen (secondary N) is 1. The standard InChI is InChI=1S/C14H19ClN2O/c1-10(11-5-2-3-6-12(11)15)17-13(18)14(9-16)7-4-8-14/h2-3,5-6,10H,4,7-9,16H2,1H3,(H,17,18). The minimum absolute atomic E-state index is 0.0590. The Balaban J connectivity index is 2.06. The number of carbonyl (C=O) groups is 1. The summed E-state index contributed by atoms with van der Waals surface area (Å²) < 4.78 is 0. The van der Waals surface area contributed by atoms with Crippen LogP contribution >= 0.6 is 11.6 Å². The summed E-state index contributed by atoms with van der Waals surface area (Å²) in [4.78, 5) is 12.2. The number of hydrogen-bond acceptors (Lipinski definition) is 2. The smallest absolute Gasteiger partial charge is 0.227 e. The SMILES string of the molecule is CC(NC(=O)C1(CN)CCC1)c1ccccc1Cl. The molecule has 0 radical (unpaired) electrons. The summed E-state index contributed by atoms with van der Waals surface area (Å²) in [6, 6.07) is 7.49. The summed E-state index contributed by atoms with van der Waals surface area (Å²) in [6.07, 6.45) is 2.88. The number of carbonyl (C=O) groups excluding carboxylic acids is 1. The van der Waals surface area contributed by atoms with Crippen LogP contribution in [0.5, 0.6) is 0 Å². The van der Waals surface area contributed by atoms with E-state index in [4.69, 9.17) is 17.3 Å². The van der Waals surface area contributed by atoms with Crippen LogP contribution in [-0.2, 0) is 4.79 Å². The third kappa shape index (κ3) is 2.38. The van der Waals surface area contributed by atoms with Crippen LogP contribution in [0, 0.1) is 5.41 Å². The molecule has 0 spiro atoms. The van der Waals surface area contributed by atoms with Crippen molar-refractivity contribution < 1.29 is 4.79 Å². The first kappa shape index (κ1) is 13.4. The lowest BCUT2D eigenvalue weighted by atomic mass is 9.68. The van der Waals surface area contributed by atoms with Crippen molar-refractivity contribution in [2.45, 2.75) is 32.2 Å². The highest BCUT2D eigenvalue weighted by Crippen LogP contribution is 2.40.